The van der Waals surface area contributed by atoms with Crippen molar-refractivity contribution in [1.82, 2.24) is 5.16 Å². The average molecular weight is 361 g/mol. The first kappa shape index (κ1) is 18.0. The summed E-state index contributed by atoms with van der Waals surface area (Å²) in [6, 6.07) is 7.53. The number of benzene rings is 1. The van der Waals surface area contributed by atoms with Crippen LogP contribution in [-0.4, -0.2) is 30.4 Å². The van der Waals surface area contributed by atoms with Crippen molar-refractivity contribution >= 4 is 17.7 Å². The highest BCUT2D eigenvalue weighted by Crippen LogP contribution is 2.29. The number of nitrogens with zero attached hydrogens (tertiary/aromatic N) is 1. The zero-order valence-corrected chi connectivity index (χ0v) is 15.4. The van der Waals surface area contributed by atoms with E-state index in [9.17, 15) is 4.79 Å². The monoisotopic (exact) mass is 361 g/mol. The standard InChI is InChI=1S/C19H23NO4S/c1-13-17(14(2)24-20-13)12-25-18-9-4-3-8-16(18)19(21)23-11-15-7-5-6-10-22-15/h3-4,8-9,15H,5-7,10-12H2,1-2H3. The predicted octanol–water partition coefficient (Wildman–Crippen LogP) is 4.31. The van der Waals surface area contributed by atoms with Crippen LogP contribution in [0.2, 0.25) is 0 Å². The first-order valence-electron chi connectivity index (χ1n) is 8.57. The number of ether oxygens (including phenoxy) is 2. The van der Waals surface area contributed by atoms with Gasteiger partial charge in [-0.25, -0.2) is 4.79 Å². The minimum absolute atomic E-state index is 0.0276. The Labute approximate surface area is 152 Å². The highest BCUT2D eigenvalue weighted by atomic mass is 32.2. The third-order valence-corrected chi connectivity index (χ3v) is 5.43. The lowest BCUT2D eigenvalue weighted by molar-refractivity contribution is -0.0301. The van der Waals surface area contributed by atoms with Crippen molar-refractivity contribution in [2.24, 2.45) is 0 Å². The van der Waals surface area contributed by atoms with Crippen molar-refractivity contribution in [2.45, 2.75) is 49.9 Å². The largest absolute Gasteiger partial charge is 0.459 e. The lowest BCUT2D eigenvalue weighted by Crippen LogP contribution is -2.26. The summed E-state index contributed by atoms with van der Waals surface area (Å²) < 4.78 is 16.3. The maximum atomic E-state index is 12.5. The Morgan fingerprint density at radius 1 is 1.32 bits per heavy atom. The smallest absolute Gasteiger partial charge is 0.339 e. The summed E-state index contributed by atoms with van der Waals surface area (Å²) in [4.78, 5) is 13.4. The van der Waals surface area contributed by atoms with Crippen LogP contribution in [-0.2, 0) is 15.2 Å². The second-order valence-corrected chi connectivity index (χ2v) is 7.19. The van der Waals surface area contributed by atoms with Crippen molar-refractivity contribution in [1.29, 1.82) is 0 Å². The molecule has 1 aromatic heterocycles. The van der Waals surface area contributed by atoms with E-state index >= 15 is 0 Å². The molecular formula is C19H23NO4S. The molecule has 3 rings (SSSR count). The molecule has 5 nitrogen and oxygen atoms in total. The summed E-state index contributed by atoms with van der Waals surface area (Å²) in [7, 11) is 0. The molecule has 0 bridgehead atoms. The Kier molecular flexibility index (Phi) is 6.15. The van der Waals surface area contributed by atoms with Crippen LogP contribution in [0.1, 0.15) is 46.6 Å². The maximum absolute atomic E-state index is 12.5. The van der Waals surface area contributed by atoms with Gasteiger partial charge >= 0.3 is 5.97 Å². The van der Waals surface area contributed by atoms with E-state index in [1.165, 1.54) is 0 Å². The number of hydrogen-bond donors (Lipinski definition) is 0. The minimum atomic E-state index is -0.295. The van der Waals surface area contributed by atoms with Crippen molar-refractivity contribution in [2.75, 3.05) is 13.2 Å². The molecule has 1 aliphatic heterocycles. The van der Waals surface area contributed by atoms with Crippen LogP contribution in [0.3, 0.4) is 0 Å². The summed E-state index contributed by atoms with van der Waals surface area (Å²) >= 11 is 1.59. The van der Waals surface area contributed by atoms with E-state index in [1.54, 1.807) is 17.8 Å². The number of rotatable bonds is 6. The van der Waals surface area contributed by atoms with Gasteiger partial charge < -0.3 is 14.0 Å². The molecule has 1 saturated heterocycles. The molecule has 0 spiro atoms. The molecule has 1 unspecified atom stereocenters. The van der Waals surface area contributed by atoms with E-state index in [-0.39, 0.29) is 12.1 Å². The summed E-state index contributed by atoms with van der Waals surface area (Å²) in [5, 5.41) is 3.97. The molecule has 6 heteroatoms. The molecule has 134 valence electrons. The Hall–Kier alpha value is -1.79. The fraction of sp³-hybridized carbons (Fsp3) is 0.474. The highest BCUT2D eigenvalue weighted by molar-refractivity contribution is 7.98. The Morgan fingerprint density at radius 3 is 2.88 bits per heavy atom. The van der Waals surface area contributed by atoms with Crippen LogP contribution in [0, 0.1) is 13.8 Å². The second-order valence-electron chi connectivity index (χ2n) is 6.17. The van der Waals surface area contributed by atoms with Crippen molar-refractivity contribution < 1.29 is 18.8 Å². The molecule has 0 amide bonds. The average Bonchev–Trinajstić information content (AvgIpc) is 2.97. The van der Waals surface area contributed by atoms with Gasteiger partial charge in [0.05, 0.1) is 17.4 Å². The molecule has 0 N–H and O–H groups in total. The summed E-state index contributed by atoms with van der Waals surface area (Å²) in [5.74, 6) is 1.23. The fourth-order valence-electron chi connectivity index (χ4n) is 2.80. The lowest BCUT2D eigenvalue weighted by Gasteiger charge is -2.22. The number of carbonyl (C=O) groups excluding carboxylic acids is 1. The lowest BCUT2D eigenvalue weighted by atomic mass is 10.1. The fourth-order valence-corrected chi connectivity index (χ4v) is 4.00. The Bertz CT molecular complexity index is 702. The van der Waals surface area contributed by atoms with E-state index < -0.39 is 0 Å². The van der Waals surface area contributed by atoms with Crippen molar-refractivity contribution in [3.05, 3.63) is 46.8 Å². The van der Waals surface area contributed by atoms with Crippen LogP contribution in [0.5, 0.6) is 0 Å². The van der Waals surface area contributed by atoms with Gasteiger partial charge in [-0.2, -0.15) is 0 Å². The zero-order chi connectivity index (χ0) is 17.6. The van der Waals surface area contributed by atoms with Gasteiger partial charge in [0.1, 0.15) is 12.4 Å². The number of esters is 1. The predicted molar refractivity (Wildman–Crippen MR) is 95.9 cm³/mol. The number of aryl methyl sites for hydroxylation is 2. The quantitative estimate of drug-likeness (QED) is 0.564. The molecule has 1 atom stereocenters. The molecule has 2 aromatic rings. The molecule has 1 aliphatic rings. The summed E-state index contributed by atoms with van der Waals surface area (Å²) in [6.45, 7) is 4.91. The Morgan fingerprint density at radius 2 is 2.16 bits per heavy atom. The number of carbonyl (C=O) groups is 1. The zero-order valence-electron chi connectivity index (χ0n) is 14.6. The van der Waals surface area contributed by atoms with Gasteiger partial charge in [-0.05, 0) is 45.2 Å². The molecule has 0 aliphatic carbocycles. The third-order valence-electron chi connectivity index (χ3n) is 4.33. The topological polar surface area (TPSA) is 61.6 Å². The van der Waals surface area contributed by atoms with E-state index in [2.05, 4.69) is 5.16 Å². The molecular weight excluding hydrogens is 338 g/mol. The molecule has 1 fully saturated rings. The van der Waals surface area contributed by atoms with Gasteiger partial charge in [0.15, 0.2) is 0 Å². The van der Waals surface area contributed by atoms with Crippen LogP contribution in [0.4, 0.5) is 0 Å². The first-order valence-corrected chi connectivity index (χ1v) is 9.56. The van der Waals surface area contributed by atoms with Crippen LogP contribution < -0.4 is 0 Å². The summed E-state index contributed by atoms with van der Waals surface area (Å²) in [5.41, 5.74) is 2.55. The van der Waals surface area contributed by atoms with Crippen LogP contribution in [0.25, 0.3) is 0 Å². The van der Waals surface area contributed by atoms with Crippen LogP contribution >= 0.6 is 11.8 Å². The minimum Gasteiger partial charge on any atom is -0.459 e. The van der Waals surface area contributed by atoms with E-state index in [0.29, 0.717) is 17.9 Å². The second kappa shape index (κ2) is 8.54. The molecule has 2 heterocycles. The molecule has 0 saturated carbocycles. The van der Waals surface area contributed by atoms with E-state index in [4.69, 9.17) is 14.0 Å². The molecule has 0 radical (unpaired) electrons. The van der Waals surface area contributed by atoms with E-state index in [0.717, 1.165) is 47.8 Å². The number of aromatic nitrogens is 1. The SMILES string of the molecule is Cc1noc(C)c1CSc1ccccc1C(=O)OCC1CCCCO1. The normalized spacial score (nSPS) is 17.4. The van der Waals surface area contributed by atoms with E-state index in [1.807, 2.05) is 32.0 Å². The van der Waals surface area contributed by atoms with Gasteiger partial charge in [-0.1, -0.05) is 17.3 Å². The first-order chi connectivity index (χ1) is 12.1. The summed E-state index contributed by atoms with van der Waals surface area (Å²) in [6.07, 6.45) is 3.20. The van der Waals surface area contributed by atoms with Gasteiger partial charge in [-0.3, -0.25) is 0 Å². The third kappa shape index (κ3) is 4.64. The molecule has 25 heavy (non-hydrogen) atoms. The van der Waals surface area contributed by atoms with Gasteiger partial charge in [-0.15, -0.1) is 11.8 Å². The van der Waals surface area contributed by atoms with Crippen LogP contribution in [0.15, 0.2) is 33.7 Å². The van der Waals surface area contributed by atoms with Gasteiger partial charge in [0, 0.05) is 22.8 Å². The highest BCUT2D eigenvalue weighted by Gasteiger charge is 2.19. The van der Waals surface area contributed by atoms with Gasteiger partial charge in [0.25, 0.3) is 0 Å². The maximum Gasteiger partial charge on any atom is 0.339 e. The van der Waals surface area contributed by atoms with Crippen molar-refractivity contribution in [3.63, 3.8) is 0 Å². The number of hydrogen-bond acceptors (Lipinski definition) is 6. The number of thioether (sulfide) groups is 1. The van der Waals surface area contributed by atoms with Gasteiger partial charge in [0.2, 0.25) is 0 Å². The Balaban J connectivity index is 1.62. The molecule has 1 aromatic carbocycles. The van der Waals surface area contributed by atoms with Crippen molar-refractivity contribution in [3.8, 4) is 0 Å².